The Morgan fingerprint density at radius 1 is 1.19 bits per heavy atom. The highest BCUT2D eigenvalue weighted by Crippen LogP contribution is 2.27. The second kappa shape index (κ2) is 11.8. The summed E-state index contributed by atoms with van der Waals surface area (Å²) in [6.07, 6.45) is 2.89. The molecule has 1 fully saturated rings. The van der Waals surface area contributed by atoms with Crippen LogP contribution < -0.4 is 15.4 Å². The number of methoxy groups -OCH3 is 1. The summed E-state index contributed by atoms with van der Waals surface area (Å²) in [6.45, 7) is 2.33. The molecule has 0 spiro atoms. The van der Waals surface area contributed by atoms with Crippen LogP contribution in [0.1, 0.15) is 40.0 Å². The Morgan fingerprint density at radius 3 is 2.77 bits per heavy atom. The van der Waals surface area contributed by atoms with Crippen molar-refractivity contribution in [2.24, 2.45) is 0 Å². The second-order valence-corrected chi connectivity index (χ2v) is 8.05. The lowest BCUT2D eigenvalue weighted by Gasteiger charge is -2.14. The molecule has 8 heteroatoms. The molecule has 1 aliphatic rings. The van der Waals surface area contributed by atoms with Gasteiger partial charge in [0.05, 0.1) is 21.8 Å². The highest BCUT2D eigenvalue weighted by atomic mass is 79.9. The van der Waals surface area contributed by atoms with Gasteiger partial charge in [-0.3, -0.25) is 9.59 Å². The lowest BCUT2D eigenvalue weighted by molar-refractivity contribution is 0.0677. The van der Waals surface area contributed by atoms with Crippen molar-refractivity contribution in [3.63, 3.8) is 0 Å². The van der Waals surface area contributed by atoms with Gasteiger partial charge in [0.1, 0.15) is 12.4 Å². The molecule has 1 saturated heterocycles. The summed E-state index contributed by atoms with van der Waals surface area (Å²) in [5, 5.41) is 5.66. The quantitative estimate of drug-likeness (QED) is 0.491. The summed E-state index contributed by atoms with van der Waals surface area (Å²) < 4.78 is 17.0. The van der Waals surface area contributed by atoms with Crippen molar-refractivity contribution in [3.8, 4) is 5.75 Å². The first-order chi connectivity index (χ1) is 15.1. The summed E-state index contributed by atoms with van der Waals surface area (Å²) in [4.78, 5) is 25.3. The fourth-order valence-electron chi connectivity index (χ4n) is 3.22. The van der Waals surface area contributed by atoms with E-state index in [0.717, 1.165) is 19.4 Å². The van der Waals surface area contributed by atoms with Crippen LogP contribution in [0.3, 0.4) is 0 Å². The van der Waals surface area contributed by atoms with Crippen molar-refractivity contribution in [2.45, 2.75) is 25.4 Å². The summed E-state index contributed by atoms with van der Waals surface area (Å²) in [5.74, 6) is 0.0972. The van der Waals surface area contributed by atoms with Gasteiger partial charge < -0.3 is 24.8 Å². The molecule has 0 bridgehead atoms. The average molecular weight is 491 g/mol. The van der Waals surface area contributed by atoms with E-state index in [1.165, 1.54) is 0 Å². The van der Waals surface area contributed by atoms with E-state index in [4.69, 9.17) is 14.2 Å². The third kappa shape index (κ3) is 6.78. The number of rotatable bonds is 10. The molecule has 1 aliphatic heterocycles. The van der Waals surface area contributed by atoms with Crippen LogP contribution in [0.25, 0.3) is 0 Å². The molecule has 2 aromatic rings. The van der Waals surface area contributed by atoms with Crippen LogP contribution in [0.5, 0.6) is 5.75 Å². The average Bonchev–Trinajstić information content (AvgIpc) is 3.30. The SMILES string of the molecule is COCCCNC(=O)c1ccccc1NC(=O)c1ccc(OCC2CCCO2)c(Br)c1. The Morgan fingerprint density at radius 2 is 2.03 bits per heavy atom. The largest absolute Gasteiger partial charge is 0.490 e. The Bertz CT molecular complexity index is 899. The summed E-state index contributed by atoms with van der Waals surface area (Å²) in [7, 11) is 1.62. The fraction of sp³-hybridized carbons (Fsp3) is 0.391. The third-order valence-corrected chi connectivity index (χ3v) is 5.49. The monoisotopic (exact) mass is 490 g/mol. The van der Waals surface area contributed by atoms with Crippen LogP contribution in [-0.4, -0.2) is 51.4 Å². The van der Waals surface area contributed by atoms with E-state index in [2.05, 4.69) is 26.6 Å². The Hall–Kier alpha value is -2.42. The molecule has 2 amide bonds. The Balaban J connectivity index is 1.62. The highest BCUT2D eigenvalue weighted by Gasteiger charge is 2.18. The minimum Gasteiger partial charge on any atom is -0.490 e. The van der Waals surface area contributed by atoms with Crippen LogP contribution >= 0.6 is 15.9 Å². The topological polar surface area (TPSA) is 85.9 Å². The Labute approximate surface area is 190 Å². The van der Waals surface area contributed by atoms with E-state index in [1.54, 1.807) is 49.6 Å². The standard InChI is InChI=1S/C23H27BrN2O5/c1-29-12-5-11-25-23(28)18-7-2-3-8-20(18)26-22(27)16-9-10-21(19(24)14-16)31-15-17-6-4-13-30-17/h2-3,7-10,14,17H,4-6,11-13,15H2,1H3,(H,25,28)(H,26,27). The first-order valence-electron chi connectivity index (χ1n) is 10.3. The lowest BCUT2D eigenvalue weighted by atomic mass is 10.1. The molecular formula is C23H27BrN2O5. The number of benzene rings is 2. The molecule has 2 N–H and O–H groups in total. The predicted octanol–water partition coefficient (Wildman–Crippen LogP) is 4.03. The van der Waals surface area contributed by atoms with Crippen molar-refractivity contribution in [1.82, 2.24) is 5.32 Å². The lowest BCUT2D eigenvalue weighted by Crippen LogP contribution is -2.26. The first kappa shape index (κ1) is 23.2. The summed E-state index contributed by atoms with van der Waals surface area (Å²) >= 11 is 3.47. The number of ether oxygens (including phenoxy) is 3. The van der Waals surface area contributed by atoms with Crippen molar-refractivity contribution in [2.75, 3.05) is 38.8 Å². The van der Waals surface area contributed by atoms with Crippen LogP contribution in [0, 0.1) is 0 Å². The first-order valence-corrected chi connectivity index (χ1v) is 11.1. The van der Waals surface area contributed by atoms with Gasteiger partial charge in [0, 0.05) is 32.4 Å². The van der Waals surface area contributed by atoms with Gasteiger partial charge in [-0.05, 0) is 65.5 Å². The van der Waals surface area contributed by atoms with Crippen LogP contribution in [0.2, 0.25) is 0 Å². The molecule has 1 atom stereocenters. The number of hydrogen-bond acceptors (Lipinski definition) is 5. The molecule has 0 aliphatic carbocycles. The summed E-state index contributed by atoms with van der Waals surface area (Å²) in [5.41, 5.74) is 1.31. The molecule has 0 radical (unpaired) electrons. The maximum atomic E-state index is 12.8. The van der Waals surface area contributed by atoms with Gasteiger partial charge in [0.2, 0.25) is 0 Å². The van der Waals surface area contributed by atoms with Crippen molar-refractivity contribution in [3.05, 3.63) is 58.1 Å². The normalized spacial score (nSPS) is 15.5. The van der Waals surface area contributed by atoms with E-state index < -0.39 is 0 Å². The maximum Gasteiger partial charge on any atom is 0.255 e. The number of para-hydroxylation sites is 1. The number of nitrogens with one attached hydrogen (secondary N) is 2. The zero-order chi connectivity index (χ0) is 22.1. The predicted molar refractivity (Wildman–Crippen MR) is 122 cm³/mol. The van der Waals surface area contributed by atoms with Crippen LogP contribution in [-0.2, 0) is 9.47 Å². The smallest absolute Gasteiger partial charge is 0.255 e. The Kier molecular flexibility index (Phi) is 8.87. The van der Waals surface area contributed by atoms with Gasteiger partial charge in [0.15, 0.2) is 0 Å². The zero-order valence-electron chi connectivity index (χ0n) is 17.5. The minimum absolute atomic E-state index is 0.118. The molecule has 1 heterocycles. The molecule has 7 nitrogen and oxygen atoms in total. The number of amides is 2. The number of halogens is 1. The second-order valence-electron chi connectivity index (χ2n) is 7.19. The van der Waals surface area contributed by atoms with Gasteiger partial charge in [-0.15, -0.1) is 0 Å². The van der Waals surface area contributed by atoms with Gasteiger partial charge >= 0.3 is 0 Å². The number of hydrogen-bond donors (Lipinski definition) is 2. The molecule has 166 valence electrons. The number of carbonyl (C=O) groups is 2. The summed E-state index contributed by atoms with van der Waals surface area (Å²) in [6, 6.07) is 12.1. The maximum absolute atomic E-state index is 12.8. The van der Waals surface area contributed by atoms with Crippen LogP contribution in [0.4, 0.5) is 5.69 Å². The number of anilines is 1. The zero-order valence-corrected chi connectivity index (χ0v) is 19.1. The molecule has 2 aromatic carbocycles. The van der Waals surface area contributed by atoms with Gasteiger partial charge in [-0.25, -0.2) is 0 Å². The van der Waals surface area contributed by atoms with Gasteiger partial charge in [0.25, 0.3) is 11.8 Å². The van der Waals surface area contributed by atoms with Gasteiger partial charge in [-0.2, -0.15) is 0 Å². The third-order valence-electron chi connectivity index (χ3n) is 4.87. The molecular weight excluding hydrogens is 464 g/mol. The minimum atomic E-state index is -0.314. The van der Waals surface area contributed by atoms with Gasteiger partial charge in [-0.1, -0.05) is 12.1 Å². The van der Waals surface area contributed by atoms with Crippen molar-refractivity contribution >= 4 is 33.4 Å². The molecule has 3 rings (SSSR count). The fourth-order valence-corrected chi connectivity index (χ4v) is 3.71. The molecule has 0 aromatic heterocycles. The highest BCUT2D eigenvalue weighted by molar-refractivity contribution is 9.10. The van der Waals surface area contributed by atoms with Crippen LogP contribution in [0.15, 0.2) is 46.9 Å². The van der Waals surface area contributed by atoms with E-state index >= 15 is 0 Å². The van der Waals surface area contributed by atoms with E-state index in [0.29, 0.717) is 53.2 Å². The molecule has 0 saturated carbocycles. The molecule has 31 heavy (non-hydrogen) atoms. The molecule has 1 unspecified atom stereocenters. The van der Waals surface area contributed by atoms with E-state index in [-0.39, 0.29) is 17.9 Å². The van der Waals surface area contributed by atoms with Crippen molar-refractivity contribution in [1.29, 1.82) is 0 Å². The van der Waals surface area contributed by atoms with E-state index in [9.17, 15) is 9.59 Å². The number of carbonyl (C=O) groups excluding carboxylic acids is 2. The van der Waals surface area contributed by atoms with Crippen molar-refractivity contribution < 1.29 is 23.8 Å². The van der Waals surface area contributed by atoms with E-state index in [1.807, 2.05) is 0 Å².